The summed E-state index contributed by atoms with van der Waals surface area (Å²) >= 11 is 0. The molecule has 0 spiro atoms. The molecule has 0 aromatic carbocycles. The number of hydrogen-bond donors (Lipinski definition) is 1. The van der Waals surface area contributed by atoms with Crippen LogP contribution in [0, 0.1) is 0 Å². The molecule has 0 aromatic heterocycles. The van der Waals surface area contributed by atoms with Crippen LogP contribution in [0.1, 0.15) is 27.2 Å². The zero-order valence-electron chi connectivity index (χ0n) is 13.4. The molecule has 3 aliphatic rings. The zero-order chi connectivity index (χ0) is 16.6. The van der Waals surface area contributed by atoms with Gasteiger partial charge in [0, 0.05) is 6.08 Å². The van der Waals surface area contributed by atoms with Crippen LogP contribution < -0.4 is 0 Å². The fourth-order valence-electron chi connectivity index (χ4n) is 2.96. The van der Waals surface area contributed by atoms with E-state index in [0.29, 0.717) is 12.2 Å². The number of aliphatic hydroxyl groups is 1. The highest BCUT2D eigenvalue weighted by molar-refractivity contribution is 5.82. The topological polar surface area (TPSA) is 83.5 Å². The maximum absolute atomic E-state index is 11.3. The second-order valence-electron chi connectivity index (χ2n) is 6.12. The lowest BCUT2D eigenvalue weighted by Gasteiger charge is -2.30. The normalized spacial score (nSPS) is 36.1. The third-order valence-corrected chi connectivity index (χ3v) is 3.90. The molecule has 128 valence electrons. The number of fused-ring (bicyclic) bond motifs is 3. The average Bonchev–Trinajstić information content (AvgIpc) is 2.96. The summed E-state index contributed by atoms with van der Waals surface area (Å²) in [6.45, 7) is 5.65. The van der Waals surface area contributed by atoms with Gasteiger partial charge < -0.3 is 28.8 Å². The number of esters is 1. The van der Waals surface area contributed by atoms with Gasteiger partial charge in [-0.15, -0.1) is 0 Å². The van der Waals surface area contributed by atoms with Crippen LogP contribution in [0.5, 0.6) is 0 Å². The van der Waals surface area contributed by atoms with Crippen molar-refractivity contribution in [3.63, 3.8) is 0 Å². The molecule has 0 radical (unpaired) electrons. The Balaban J connectivity index is 1.63. The van der Waals surface area contributed by atoms with Crippen LogP contribution >= 0.6 is 0 Å². The van der Waals surface area contributed by atoms with E-state index in [9.17, 15) is 9.90 Å². The van der Waals surface area contributed by atoms with Gasteiger partial charge >= 0.3 is 5.97 Å². The van der Waals surface area contributed by atoms with Crippen LogP contribution in [-0.2, 0) is 28.5 Å². The molecule has 0 saturated carbocycles. The first-order valence-electron chi connectivity index (χ1n) is 7.80. The molecule has 2 saturated heterocycles. The molecule has 23 heavy (non-hydrogen) atoms. The predicted octanol–water partition coefficient (Wildman–Crippen LogP) is 1.02. The minimum absolute atomic E-state index is 0.161. The second-order valence-corrected chi connectivity index (χ2v) is 6.12. The van der Waals surface area contributed by atoms with E-state index in [4.69, 9.17) is 23.7 Å². The molecule has 2 fully saturated rings. The molecule has 3 aliphatic heterocycles. The summed E-state index contributed by atoms with van der Waals surface area (Å²) in [6, 6.07) is 0. The summed E-state index contributed by atoms with van der Waals surface area (Å²) < 4.78 is 27.9. The number of carbonyl (C=O) groups is 1. The summed E-state index contributed by atoms with van der Waals surface area (Å²) in [6.07, 6.45) is 2.57. The lowest BCUT2D eigenvalue weighted by molar-refractivity contribution is -0.217. The van der Waals surface area contributed by atoms with Crippen molar-refractivity contribution in [2.24, 2.45) is 0 Å². The van der Waals surface area contributed by atoms with Gasteiger partial charge in [0.2, 0.25) is 0 Å². The maximum Gasteiger partial charge on any atom is 0.330 e. The first-order chi connectivity index (χ1) is 10.9. The summed E-state index contributed by atoms with van der Waals surface area (Å²) in [4.78, 5) is 11.3. The number of aliphatic hydroxyl groups excluding tert-OH is 1. The molecule has 1 unspecified atom stereocenters. The maximum atomic E-state index is 11.3. The van der Waals surface area contributed by atoms with Crippen molar-refractivity contribution in [3.05, 3.63) is 24.0 Å². The number of ether oxygens (including phenoxy) is 5. The Morgan fingerprint density at radius 2 is 2.26 bits per heavy atom. The molecular weight excluding hydrogens is 304 g/mol. The molecule has 7 nitrogen and oxygen atoms in total. The van der Waals surface area contributed by atoms with Gasteiger partial charge in [-0.1, -0.05) is 0 Å². The Morgan fingerprint density at radius 1 is 1.48 bits per heavy atom. The molecular formula is C16H22O7. The Bertz CT molecular complexity index is 525. The van der Waals surface area contributed by atoms with E-state index in [1.165, 1.54) is 12.2 Å². The molecule has 3 rings (SSSR count). The van der Waals surface area contributed by atoms with Crippen LogP contribution in [0.15, 0.2) is 24.0 Å². The third kappa shape index (κ3) is 3.42. The zero-order valence-corrected chi connectivity index (χ0v) is 13.4. The van der Waals surface area contributed by atoms with Crippen LogP contribution in [0.25, 0.3) is 0 Å². The predicted molar refractivity (Wildman–Crippen MR) is 78.1 cm³/mol. The fraction of sp³-hybridized carbons (Fsp3) is 0.688. The summed E-state index contributed by atoms with van der Waals surface area (Å²) in [7, 11) is 0. The van der Waals surface area contributed by atoms with E-state index in [1.807, 2.05) is 13.8 Å². The van der Waals surface area contributed by atoms with Gasteiger partial charge in [0.05, 0.1) is 6.61 Å². The van der Waals surface area contributed by atoms with Crippen LogP contribution in [0.3, 0.4) is 0 Å². The van der Waals surface area contributed by atoms with Gasteiger partial charge in [-0.05, 0) is 39.3 Å². The first-order valence-corrected chi connectivity index (χ1v) is 7.80. The van der Waals surface area contributed by atoms with Gasteiger partial charge in [-0.25, -0.2) is 4.79 Å². The largest absolute Gasteiger partial charge is 0.486 e. The minimum Gasteiger partial charge on any atom is -0.486 e. The van der Waals surface area contributed by atoms with Crippen molar-refractivity contribution < 1.29 is 33.6 Å². The fourth-order valence-corrected chi connectivity index (χ4v) is 2.96. The van der Waals surface area contributed by atoms with Gasteiger partial charge in [0.1, 0.15) is 18.0 Å². The number of hydrogen-bond acceptors (Lipinski definition) is 7. The lowest BCUT2D eigenvalue weighted by Crippen LogP contribution is -2.39. The van der Waals surface area contributed by atoms with Gasteiger partial charge in [-0.2, -0.15) is 0 Å². The SMILES string of the molecule is CCOC(=O)/C=C/C(O)C1=CC[C@H]2O[C@@H]3OC(C)(C)O[C@@H]3[C@H]2O1. The standard InChI is InChI=1S/C16H22O7/c1-4-19-12(18)8-5-9(17)10-6-7-11-13(20-10)14-15(21-11)23-16(2,3)22-14/h5-6,8-9,11,13-15,17H,4,7H2,1-3H3/b8-5+/t9?,11-,13+,14-,15-/m1/s1. The molecule has 0 aliphatic carbocycles. The number of rotatable bonds is 4. The quantitative estimate of drug-likeness (QED) is 0.610. The van der Waals surface area contributed by atoms with Crippen molar-refractivity contribution in [2.75, 3.05) is 6.61 Å². The van der Waals surface area contributed by atoms with Gasteiger partial charge in [0.15, 0.2) is 24.3 Å². The van der Waals surface area contributed by atoms with Crippen molar-refractivity contribution >= 4 is 5.97 Å². The smallest absolute Gasteiger partial charge is 0.330 e. The molecule has 0 amide bonds. The molecule has 1 N–H and O–H groups in total. The molecule has 0 aromatic rings. The highest BCUT2D eigenvalue weighted by Gasteiger charge is 2.56. The Labute approximate surface area is 134 Å². The van der Waals surface area contributed by atoms with Crippen LogP contribution in [-0.4, -0.2) is 54.2 Å². The second kappa shape index (κ2) is 6.24. The van der Waals surface area contributed by atoms with Crippen LogP contribution in [0.4, 0.5) is 0 Å². The summed E-state index contributed by atoms with van der Waals surface area (Å²) in [5.74, 6) is -0.836. The highest BCUT2D eigenvalue weighted by atomic mass is 16.8. The van der Waals surface area contributed by atoms with Crippen LogP contribution in [0.2, 0.25) is 0 Å². The first kappa shape index (κ1) is 16.4. The highest BCUT2D eigenvalue weighted by Crippen LogP contribution is 2.42. The molecule has 7 heteroatoms. The minimum atomic E-state index is -1.02. The average molecular weight is 326 g/mol. The Hall–Kier alpha value is -1.41. The molecule has 0 bridgehead atoms. The third-order valence-electron chi connectivity index (χ3n) is 3.90. The van der Waals surface area contributed by atoms with Gasteiger partial charge in [-0.3, -0.25) is 0 Å². The van der Waals surface area contributed by atoms with E-state index in [-0.39, 0.29) is 24.9 Å². The van der Waals surface area contributed by atoms with Crippen molar-refractivity contribution in [3.8, 4) is 0 Å². The van der Waals surface area contributed by atoms with Crippen molar-refractivity contribution in [2.45, 2.75) is 63.7 Å². The van der Waals surface area contributed by atoms with Crippen molar-refractivity contribution in [1.29, 1.82) is 0 Å². The Kier molecular flexibility index (Phi) is 4.46. The van der Waals surface area contributed by atoms with E-state index in [1.54, 1.807) is 13.0 Å². The number of carbonyl (C=O) groups excluding carboxylic acids is 1. The van der Waals surface area contributed by atoms with Gasteiger partial charge in [0.25, 0.3) is 0 Å². The summed E-state index contributed by atoms with van der Waals surface area (Å²) in [5, 5.41) is 10.2. The summed E-state index contributed by atoms with van der Waals surface area (Å²) in [5.41, 5.74) is 0. The van der Waals surface area contributed by atoms with E-state index < -0.39 is 24.2 Å². The van der Waals surface area contributed by atoms with E-state index in [2.05, 4.69) is 0 Å². The van der Waals surface area contributed by atoms with E-state index >= 15 is 0 Å². The molecule has 3 heterocycles. The molecule has 5 atom stereocenters. The lowest BCUT2D eigenvalue weighted by atomic mass is 10.0. The Morgan fingerprint density at radius 3 is 3.00 bits per heavy atom. The van der Waals surface area contributed by atoms with E-state index in [0.717, 1.165) is 0 Å². The monoisotopic (exact) mass is 326 g/mol. The van der Waals surface area contributed by atoms with Crippen molar-refractivity contribution in [1.82, 2.24) is 0 Å².